The van der Waals surface area contributed by atoms with Gasteiger partial charge in [-0.2, -0.15) is 0 Å². The van der Waals surface area contributed by atoms with Gasteiger partial charge in [0.2, 0.25) is 0 Å². The zero-order chi connectivity index (χ0) is 26.0. The third-order valence-electron chi connectivity index (χ3n) is 4.89. The number of fused-ring (bicyclic) bond motifs is 1. The molecule has 0 saturated carbocycles. The maximum absolute atomic E-state index is 12.8. The van der Waals surface area contributed by atoms with E-state index in [-0.39, 0.29) is 37.8 Å². The first-order valence-electron chi connectivity index (χ1n) is 9.97. The Balaban J connectivity index is 1.63. The van der Waals surface area contributed by atoms with Gasteiger partial charge in [0.15, 0.2) is 6.61 Å². The molecule has 0 fully saturated rings. The average Bonchev–Trinajstić information content (AvgIpc) is 3.09. The lowest BCUT2D eigenvalue weighted by molar-refractivity contribution is -0.150. The van der Waals surface area contributed by atoms with Crippen LogP contribution in [0.2, 0.25) is 20.1 Å². The quantitative estimate of drug-likeness (QED) is 0.226. The molecule has 0 aliphatic carbocycles. The number of halogens is 4. The van der Waals surface area contributed by atoms with Crippen LogP contribution in [0.4, 0.5) is 5.69 Å². The van der Waals surface area contributed by atoms with Gasteiger partial charge in [0.05, 0.1) is 43.4 Å². The fourth-order valence-electron chi connectivity index (χ4n) is 3.18. The maximum Gasteiger partial charge on any atom is 0.338 e. The third-order valence-corrected chi connectivity index (χ3v) is 6.69. The predicted octanol–water partition coefficient (Wildman–Crippen LogP) is 4.64. The van der Waals surface area contributed by atoms with E-state index < -0.39 is 42.3 Å². The summed E-state index contributed by atoms with van der Waals surface area (Å²) in [6.45, 7) is 2.44. The summed E-state index contributed by atoms with van der Waals surface area (Å²) in [6.07, 6.45) is 0. The predicted molar refractivity (Wildman–Crippen MR) is 128 cm³/mol. The summed E-state index contributed by atoms with van der Waals surface area (Å²) in [7, 11) is 0. The molecule has 1 aliphatic rings. The molecular weight excluding hydrogens is 546 g/mol. The van der Waals surface area contributed by atoms with Gasteiger partial charge in [-0.05, 0) is 38.1 Å². The van der Waals surface area contributed by atoms with E-state index in [2.05, 4.69) is 5.32 Å². The first-order valence-corrected chi connectivity index (χ1v) is 11.5. The second-order valence-electron chi connectivity index (χ2n) is 7.12. The van der Waals surface area contributed by atoms with Crippen LogP contribution >= 0.6 is 46.4 Å². The van der Waals surface area contributed by atoms with E-state index in [4.69, 9.17) is 55.9 Å². The van der Waals surface area contributed by atoms with Crippen molar-refractivity contribution in [1.29, 1.82) is 0 Å². The number of benzene rings is 2. The molecule has 0 unspecified atom stereocenters. The van der Waals surface area contributed by atoms with Crippen molar-refractivity contribution in [2.24, 2.45) is 0 Å². The number of esters is 2. The largest absolute Gasteiger partial charge is 0.462 e. The highest BCUT2D eigenvalue weighted by Gasteiger charge is 2.45. The van der Waals surface area contributed by atoms with Gasteiger partial charge in [-0.1, -0.05) is 46.4 Å². The number of nitrogens with one attached hydrogen (secondary N) is 1. The molecule has 184 valence electrons. The summed E-state index contributed by atoms with van der Waals surface area (Å²) in [6, 6.07) is 4.44. The van der Waals surface area contributed by atoms with Crippen LogP contribution in [0, 0.1) is 0 Å². The molecule has 1 heterocycles. The number of hydrogen-bond donors (Lipinski definition) is 1. The van der Waals surface area contributed by atoms with Crippen molar-refractivity contribution in [3.63, 3.8) is 0 Å². The Bertz CT molecular complexity index is 1200. The first-order chi connectivity index (χ1) is 16.5. The van der Waals surface area contributed by atoms with E-state index in [9.17, 15) is 24.0 Å². The molecular formula is C22H16Cl4N2O7. The number of anilines is 1. The molecule has 0 spiro atoms. The van der Waals surface area contributed by atoms with Gasteiger partial charge in [0.25, 0.3) is 17.7 Å². The molecule has 2 aromatic rings. The van der Waals surface area contributed by atoms with Crippen molar-refractivity contribution >= 4 is 81.8 Å². The monoisotopic (exact) mass is 560 g/mol. The number of imide groups is 1. The number of hydrogen-bond acceptors (Lipinski definition) is 7. The molecule has 3 amide bonds. The molecule has 2 aromatic carbocycles. The van der Waals surface area contributed by atoms with Crippen molar-refractivity contribution in [2.75, 3.05) is 18.5 Å². The Kier molecular flexibility index (Phi) is 8.27. The van der Waals surface area contributed by atoms with E-state index in [0.717, 1.165) is 0 Å². The number of carbonyl (C=O) groups is 5. The Morgan fingerprint density at radius 3 is 1.89 bits per heavy atom. The van der Waals surface area contributed by atoms with E-state index in [1.54, 1.807) is 6.92 Å². The summed E-state index contributed by atoms with van der Waals surface area (Å²) in [4.78, 5) is 62.6. The van der Waals surface area contributed by atoms with Gasteiger partial charge in [-0.25, -0.2) is 9.59 Å². The molecule has 9 nitrogen and oxygen atoms in total. The smallest absolute Gasteiger partial charge is 0.338 e. The molecule has 1 N–H and O–H groups in total. The average molecular weight is 562 g/mol. The number of rotatable bonds is 7. The normalized spacial score (nSPS) is 13.4. The van der Waals surface area contributed by atoms with E-state index >= 15 is 0 Å². The Labute approximate surface area is 219 Å². The molecule has 0 aromatic heterocycles. The van der Waals surface area contributed by atoms with Crippen molar-refractivity contribution in [1.82, 2.24) is 4.90 Å². The number of amides is 3. The standard InChI is InChI=1S/C22H16Cl4N2O7/c1-3-34-22(33)10-4-6-11(7-5-10)27-12(29)8-35-21(32)9(2)28-19(30)13-14(20(28)31)16(24)18(26)17(25)15(13)23/h4-7,9H,3,8H2,1-2H3,(H,27,29)/t9-/m0/s1. The summed E-state index contributed by atoms with van der Waals surface area (Å²) in [5.41, 5.74) is 0.0822. The van der Waals surface area contributed by atoms with Crippen LogP contribution in [0.3, 0.4) is 0 Å². The zero-order valence-electron chi connectivity index (χ0n) is 18.1. The first kappa shape index (κ1) is 26.7. The van der Waals surface area contributed by atoms with Crippen molar-refractivity contribution < 1.29 is 33.4 Å². The van der Waals surface area contributed by atoms with E-state index in [0.29, 0.717) is 16.2 Å². The molecule has 1 aliphatic heterocycles. The lowest BCUT2D eigenvalue weighted by atomic mass is 10.1. The van der Waals surface area contributed by atoms with Crippen LogP contribution in [-0.2, 0) is 19.1 Å². The number of ether oxygens (including phenoxy) is 2. The second kappa shape index (κ2) is 10.8. The van der Waals surface area contributed by atoms with Gasteiger partial charge in [0.1, 0.15) is 6.04 Å². The fraction of sp³-hybridized carbons (Fsp3) is 0.227. The van der Waals surface area contributed by atoms with Crippen molar-refractivity contribution in [3.05, 3.63) is 61.0 Å². The van der Waals surface area contributed by atoms with Gasteiger partial charge >= 0.3 is 11.9 Å². The second-order valence-corrected chi connectivity index (χ2v) is 8.63. The van der Waals surface area contributed by atoms with Gasteiger partial charge in [-0.15, -0.1) is 0 Å². The van der Waals surface area contributed by atoms with Crippen LogP contribution in [-0.4, -0.2) is 53.8 Å². The molecule has 0 bridgehead atoms. The number of carbonyl (C=O) groups excluding carboxylic acids is 5. The number of nitrogens with zero attached hydrogens (tertiary/aromatic N) is 1. The Morgan fingerprint density at radius 1 is 0.886 bits per heavy atom. The minimum Gasteiger partial charge on any atom is -0.462 e. The lowest BCUT2D eigenvalue weighted by Crippen LogP contribution is -2.44. The van der Waals surface area contributed by atoms with Crippen molar-refractivity contribution in [2.45, 2.75) is 19.9 Å². The van der Waals surface area contributed by atoms with Gasteiger partial charge in [-0.3, -0.25) is 19.3 Å². The zero-order valence-corrected chi connectivity index (χ0v) is 21.1. The van der Waals surface area contributed by atoms with Crippen LogP contribution in [0.15, 0.2) is 24.3 Å². The van der Waals surface area contributed by atoms with Crippen molar-refractivity contribution in [3.8, 4) is 0 Å². The summed E-state index contributed by atoms with van der Waals surface area (Å²) in [5, 5.41) is 1.53. The Morgan fingerprint density at radius 2 is 1.40 bits per heavy atom. The molecule has 13 heteroatoms. The molecule has 35 heavy (non-hydrogen) atoms. The van der Waals surface area contributed by atoms with E-state index in [1.165, 1.54) is 31.2 Å². The summed E-state index contributed by atoms with van der Waals surface area (Å²) >= 11 is 24.1. The minimum absolute atomic E-state index is 0.206. The van der Waals surface area contributed by atoms with Crippen LogP contribution in [0.1, 0.15) is 44.9 Å². The van der Waals surface area contributed by atoms with Gasteiger partial charge in [0, 0.05) is 5.69 Å². The van der Waals surface area contributed by atoms with E-state index in [1.807, 2.05) is 0 Å². The molecule has 1 atom stereocenters. The van der Waals surface area contributed by atoms with Crippen LogP contribution < -0.4 is 5.32 Å². The van der Waals surface area contributed by atoms with Crippen LogP contribution in [0.5, 0.6) is 0 Å². The fourth-order valence-corrected chi connectivity index (χ4v) is 4.20. The molecule has 0 radical (unpaired) electrons. The SMILES string of the molecule is CCOC(=O)c1ccc(NC(=O)COC(=O)[C@H](C)N2C(=O)c3c(Cl)c(Cl)c(Cl)c(Cl)c3C2=O)cc1. The summed E-state index contributed by atoms with van der Waals surface area (Å²) < 4.78 is 9.83. The summed E-state index contributed by atoms with van der Waals surface area (Å²) in [5.74, 6) is -4.05. The highest BCUT2D eigenvalue weighted by molar-refractivity contribution is 6.55. The highest BCUT2D eigenvalue weighted by Crippen LogP contribution is 2.45. The lowest BCUT2D eigenvalue weighted by Gasteiger charge is -2.20. The topological polar surface area (TPSA) is 119 Å². The van der Waals surface area contributed by atoms with Crippen LogP contribution in [0.25, 0.3) is 0 Å². The molecule has 3 rings (SSSR count). The third kappa shape index (κ3) is 5.23. The minimum atomic E-state index is -1.41. The van der Waals surface area contributed by atoms with Gasteiger partial charge < -0.3 is 14.8 Å². The maximum atomic E-state index is 12.8. The highest BCUT2D eigenvalue weighted by atomic mass is 35.5. The Hall–Kier alpha value is -2.85. The molecule has 0 saturated heterocycles.